The predicted octanol–water partition coefficient (Wildman–Crippen LogP) is 3.24. The Balaban J connectivity index is 2.58. The van der Waals surface area contributed by atoms with E-state index in [1.807, 2.05) is 38.1 Å². The van der Waals surface area contributed by atoms with Gasteiger partial charge in [-0.2, -0.15) is 0 Å². The lowest BCUT2D eigenvalue weighted by Crippen LogP contribution is -2.11. The third-order valence-electron chi connectivity index (χ3n) is 3.61. The summed E-state index contributed by atoms with van der Waals surface area (Å²) in [6, 6.07) is 7.72. The van der Waals surface area contributed by atoms with Gasteiger partial charge >= 0.3 is 0 Å². The highest BCUT2D eigenvalue weighted by Crippen LogP contribution is 2.31. The van der Waals surface area contributed by atoms with Crippen molar-refractivity contribution in [3.63, 3.8) is 0 Å². The van der Waals surface area contributed by atoms with Gasteiger partial charge in [-0.05, 0) is 48.1 Å². The molecule has 0 heterocycles. The summed E-state index contributed by atoms with van der Waals surface area (Å²) >= 11 is 0. The van der Waals surface area contributed by atoms with Gasteiger partial charge in [-0.15, -0.1) is 0 Å². The van der Waals surface area contributed by atoms with Crippen LogP contribution in [0.1, 0.15) is 27.0 Å². The number of carbonyl (C=O) groups is 2. The van der Waals surface area contributed by atoms with Crippen LogP contribution in [0.2, 0.25) is 0 Å². The third kappa shape index (κ3) is 1.35. The Kier molecular flexibility index (Phi) is 2.20. The molecule has 0 spiro atoms. The first-order chi connectivity index (χ1) is 8.59. The topological polar surface area (TPSA) is 34.1 Å². The van der Waals surface area contributed by atoms with E-state index in [0.29, 0.717) is 5.56 Å². The summed E-state index contributed by atoms with van der Waals surface area (Å²) in [4.78, 5) is 23.8. The molecule has 0 fully saturated rings. The van der Waals surface area contributed by atoms with Gasteiger partial charge in [-0.3, -0.25) is 9.59 Å². The van der Waals surface area contributed by atoms with Crippen molar-refractivity contribution >= 4 is 28.4 Å². The monoisotopic (exact) mass is 236 g/mol. The standard InChI is InChI=1S/C16H12O2/c1-9-8-13-15-11(6-7-14(17)16(13)18)4-3-5-12(15)10(9)2/h3-8H,1-2H3. The fourth-order valence-corrected chi connectivity index (χ4v) is 2.48. The Labute approximate surface area is 105 Å². The third-order valence-corrected chi connectivity index (χ3v) is 3.61. The smallest absolute Gasteiger partial charge is 0.233 e. The van der Waals surface area contributed by atoms with Crippen molar-refractivity contribution < 1.29 is 9.59 Å². The zero-order valence-electron chi connectivity index (χ0n) is 10.3. The fraction of sp³-hybridized carbons (Fsp3) is 0.125. The molecule has 2 nitrogen and oxygen atoms in total. The Hall–Kier alpha value is -2.22. The summed E-state index contributed by atoms with van der Waals surface area (Å²) in [5.74, 6) is -0.861. The lowest BCUT2D eigenvalue weighted by molar-refractivity contribution is -0.110. The van der Waals surface area contributed by atoms with Gasteiger partial charge in [0.2, 0.25) is 11.6 Å². The van der Waals surface area contributed by atoms with Gasteiger partial charge in [0.25, 0.3) is 0 Å². The van der Waals surface area contributed by atoms with Gasteiger partial charge in [-0.25, -0.2) is 0 Å². The molecule has 2 heteroatoms. The van der Waals surface area contributed by atoms with Crippen LogP contribution in [0.3, 0.4) is 0 Å². The second-order valence-corrected chi connectivity index (χ2v) is 4.66. The highest BCUT2D eigenvalue weighted by Gasteiger charge is 2.22. The van der Waals surface area contributed by atoms with Gasteiger partial charge in [0, 0.05) is 10.9 Å². The summed E-state index contributed by atoms with van der Waals surface area (Å²) in [5.41, 5.74) is 3.66. The van der Waals surface area contributed by atoms with Crippen molar-refractivity contribution in [3.8, 4) is 0 Å². The van der Waals surface area contributed by atoms with E-state index < -0.39 is 11.6 Å². The van der Waals surface area contributed by atoms with Crippen LogP contribution in [-0.4, -0.2) is 11.6 Å². The molecule has 0 aromatic heterocycles. The van der Waals surface area contributed by atoms with E-state index in [1.165, 1.54) is 6.08 Å². The number of benzene rings is 2. The summed E-state index contributed by atoms with van der Waals surface area (Å²) in [5, 5.41) is 1.95. The minimum absolute atomic E-state index is 0.413. The van der Waals surface area contributed by atoms with E-state index in [4.69, 9.17) is 0 Å². The maximum Gasteiger partial charge on any atom is 0.233 e. The SMILES string of the molecule is Cc1cc2c3c(cccc3c1C)C=CC(=O)C2=O. The van der Waals surface area contributed by atoms with Gasteiger partial charge in [0.05, 0.1) is 0 Å². The zero-order valence-corrected chi connectivity index (χ0v) is 10.3. The number of hydrogen-bond acceptors (Lipinski definition) is 2. The van der Waals surface area contributed by atoms with Crippen LogP contribution in [0.15, 0.2) is 30.3 Å². The molecule has 0 N–H and O–H groups in total. The molecule has 18 heavy (non-hydrogen) atoms. The van der Waals surface area contributed by atoms with Gasteiger partial charge < -0.3 is 0 Å². The highest BCUT2D eigenvalue weighted by atomic mass is 16.2. The fourth-order valence-electron chi connectivity index (χ4n) is 2.48. The van der Waals surface area contributed by atoms with Crippen molar-refractivity contribution in [2.75, 3.05) is 0 Å². The van der Waals surface area contributed by atoms with Crippen LogP contribution in [-0.2, 0) is 4.79 Å². The number of aryl methyl sites for hydroxylation is 2. The van der Waals surface area contributed by atoms with E-state index in [9.17, 15) is 9.59 Å². The van der Waals surface area contributed by atoms with Crippen LogP contribution < -0.4 is 0 Å². The molecule has 88 valence electrons. The molecule has 0 radical (unpaired) electrons. The van der Waals surface area contributed by atoms with Crippen LogP contribution in [0, 0.1) is 13.8 Å². The normalized spacial score (nSPS) is 14.1. The number of rotatable bonds is 0. The number of allylic oxidation sites excluding steroid dienone is 1. The summed E-state index contributed by atoms with van der Waals surface area (Å²) in [6.45, 7) is 4.01. The number of Topliss-reactive ketones (excluding diaryl/α,β-unsaturated/α-hetero) is 1. The van der Waals surface area contributed by atoms with Crippen molar-refractivity contribution in [2.45, 2.75) is 13.8 Å². The second kappa shape index (κ2) is 3.64. The summed E-state index contributed by atoms with van der Waals surface area (Å²) in [7, 11) is 0. The molecule has 2 aromatic carbocycles. The average Bonchev–Trinajstić information content (AvgIpc) is 2.49. The number of hydrogen-bond donors (Lipinski definition) is 0. The molecule has 0 amide bonds. The van der Waals surface area contributed by atoms with Crippen molar-refractivity contribution in [2.24, 2.45) is 0 Å². The minimum atomic E-state index is -0.448. The van der Waals surface area contributed by atoms with E-state index in [0.717, 1.165) is 27.5 Å². The van der Waals surface area contributed by atoms with Crippen molar-refractivity contribution in [1.82, 2.24) is 0 Å². The minimum Gasteiger partial charge on any atom is -0.286 e. The molecule has 0 saturated heterocycles. The first kappa shape index (κ1) is 10.9. The maximum absolute atomic E-state index is 12.1. The summed E-state index contributed by atoms with van der Waals surface area (Å²) in [6.07, 6.45) is 3.09. The maximum atomic E-state index is 12.1. The van der Waals surface area contributed by atoms with Gasteiger partial charge in [0.1, 0.15) is 0 Å². The molecule has 0 aliphatic heterocycles. The van der Waals surface area contributed by atoms with Crippen LogP contribution in [0.25, 0.3) is 16.8 Å². The molecule has 2 aromatic rings. The molecular formula is C16H12O2. The van der Waals surface area contributed by atoms with Crippen molar-refractivity contribution in [3.05, 3.63) is 52.6 Å². The van der Waals surface area contributed by atoms with Crippen LogP contribution >= 0.6 is 0 Å². The molecule has 0 unspecified atom stereocenters. The van der Waals surface area contributed by atoms with Crippen LogP contribution in [0.4, 0.5) is 0 Å². The quantitative estimate of drug-likeness (QED) is 0.658. The molecular weight excluding hydrogens is 224 g/mol. The summed E-state index contributed by atoms with van der Waals surface area (Å²) < 4.78 is 0. The van der Waals surface area contributed by atoms with E-state index in [2.05, 4.69) is 0 Å². The molecule has 3 rings (SSSR count). The highest BCUT2D eigenvalue weighted by molar-refractivity contribution is 6.50. The second-order valence-electron chi connectivity index (χ2n) is 4.66. The van der Waals surface area contributed by atoms with Gasteiger partial charge in [-0.1, -0.05) is 24.3 Å². The lowest BCUT2D eigenvalue weighted by Gasteiger charge is -2.11. The first-order valence-electron chi connectivity index (χ1n) is 5.89. The van der Waals surface area contributed by atoms with Crippen molar-refractivity contribution in [1.29, 1.82) is 0 Å². The van der Waals surface area contributed by atoms with E-state index in [-0.39, 0.29) is 0 Å². The Bertz CT molecular complexity index is 736. The average molecular weight is 236 g/mol. The molecule has 0 saturated carbocycles. The largest absolute Gasteiger partial charge is 0.286 e. The number of carbonyl (C=O) groups excluding carboxylic acids is 2. The molecule has 1 aliphatic rings. The number of ketones is 2. The zero-order chi connectivity index (χ0) is 12.9. The first-order valence-corrected chi connectivity index (χ1v) is 5.89. The lowest BCUT2D eigenvalue weighted by atomic mass is 9.92. The van der Waals surface area contributed by atoms with Crippen LogP contribution in [0.5, 0.6) is 0 Å². The molecule has 0 bridgehead atoms. The molecule has 1 aliphatic carbocycles. The van der Waals surface area contributed by atoms with E-state index >= 15 is 0 Å². The van der Waals surface area contributed by atoms with Gasteiger partial charge in [0.15, 0.2) is 0 Å². The van der Waals surface area contributed by atoms with E-state index in [1.54, 1.807) is 6.08 Å². The predicted molar refractivity (Wildman–Crippen MR) is 71.8 cm³/mol. The Morgan fingerprint density at radius 1 is 1.00 bits per heavy atom. The molecule has 0 atom stereocenters. The Morgan fingerprint density at radius 2 is 1.78 bits per heavy atom. The Morgan fingerprint density at radius 3 is 2.56 bits per heavy atom.